The molecule has 0 saturated heterocycles. The van der Waals surface area contributed by atoms with E-state index < -0.39 is 11.1 Å². The van der Waals surface area contributed by atoms with Crippen LogP contribution in [0.3, 0.4) is 0 Å². The minimum Gasteiger partial charge on any atom is -0.294 e. The highest BCUT2D eigenvalue weighted by Gasteiger charge is 2.63. The zero-order valence-corrected chi connectivity index (χ0v) is 15.2. The summed E-state index contributed by atoms with van der Waals surface area (Å²) in [4.78, 5) is 14.0. The normalized spacial score (nSPS) is 34.7. The molecule has 1 fully saturated rings. The molecule has 4 atom stereocenters. The van der Waals surface area contributed by atoms with Crippen molar-refractivity contribution < 1.29 is 4.79 Å². The van der Waals surface area contributed by atoms with E-state index in [1.54, 1.807) is 0 Å². The molecule has 0 N–H and O–H groups in total. The quantitative estimate of drug-likeness (QED) is 0.766. The molecule has 5 nitrogen and oxygen atoms in total. The Morgan fingerprint density at radius 1 is 0.704 bits per heavy atom. The van der Waals surface area contributed by atoms with Gasteiger partial charge in [-0.05, 0) is 30.4 Å². The molecule has 27 heavy (non-hydrogen) atoms. The van der Waals surface area contributed by atoms with Crippen molar-refractivity contribution in [2.24, 2.45) is 20.5 Å². The molecule has 1 saturated carbocycles. The Morgan fingerprint density at radius 2 is 1.15 bits per heavy atom. The van der Waals surface area contributed by atoms with Gasteiger partial charge in [0.25, 0.3) is 0 Å². The number of carbonyl (C=O) groups is 1. The van der Waals surface area contributed by atoms with Gasteiger partial charge >= 0.3 is 0 Å². The maximum Gasteiger partial charge on any atom is 0.192 e. The summed E-state index contributed by atoms with van der Waals surface area (Å²) in [6, 6.07) is 20.4. The number of Topliss-reactive ketones (excluding diaryl/α,β-unsaturated/α-hetero) is 1. The summed E-state index contributed by atoms with van der Waals surface area (Å²) < 4.78 is 0. The zero-order chi connectivity index (χ0) is 18.3. The average Bonchev–Trinajstić information content (AvgIpc) is 3.33. The van der Waals surface area contributed by atoms with Gasteiger partial charge in [0.1, 0.15) is 0 Å². The molecule has 0 amide bonds. The first-order valence-corrected chi connectivity index (χ1v) is 9.68. The number of ketones is 1. The molecular formula is C22H22N4O. The van der Waals surface area contributed by atoms with Gasteiger partial charge in [-0.1, -0.05) is 60.7 Å². The first-order chi connectivity index (χ1) is 13.3. The molecule has 2 aromatic carbocycles. The van der Waals surface area contributed by atoms with Crippen LogP contribution in [0.25, 0.3) is 0 Å². The second kappa shape index (κ2) is 6.19. The molecule has 2 heterocycles. The van der Waals surface area contributed by atoms with Crippen LogP contribution < -0.4 is 0 Å². The number of hydrogen-bond donors (Lipinski definition) is 0. The lowest BCUT2D eigenvalue weighted by atomic mass is 9.60. The van der Waals surface area contributed by atoms with E-state index in [1.807, 2.05) is 36.4 Å². The van der Waals surface area contributed by atoms with Crippen LogP contribution in [0.5, 0.6) is 0 Å². The third-order valence-electron chi connectivity index (χ3n) is 6.49. The summed E-state index contributed by atoms with van der Waals surface area (Å²) >= 11 is 0. The van der Waals surface area contributed by atoms with Crippen LogP contribution in [0.4, 0.5) is 0 Å². The third kappa shape index (κ3) is 2.34. The Balaban J connectivity index is 1.58. The summed E-state index contributed by atoms with van der Waals surface area (Å²) in [5.74, 6) is 0.109. The van der Waals surface area contributed by atoms with E-state index >= 15 is 0 Å². The SMILES string of the molecule is O=C1C2(CCCC13N=NCC3c1ccccc1)N=NCC2c1ccccc1. The second-order valence-corrected chi connectivity index (χ2v) is 7.81. The minimum atomic E-state index is -0.796. The van der Waals surface area contributed by atoms with Gasteiger partial charge in [-0.25, -0.2) is 0 Å². The summed E-state index contributed by atoms with van der Waals surface area (Å²) in [6.07, 6.45) is 2.40. The van der Waals surface area contributed by atoms with Gasteiger partial charge in [-0.15, -0.1) is 0 Å². The van der Waals surface area contributed by atoms with Gasteiger partial charge in [0.15, 0.2) is 16.9 Å². The van der Waals surface area contributed by atoms with Crippen LogP contribution in [0.15, 0.2) is 81.1 Å². The predicted octanol–water partition coefficient (Wildman–Crippen LogP) is 4.72. The van der Waals surface area contributed by atoms with Crippen LogP contribution in [0.1, 0.15) is 42.2 Å². The van der Waals surface area contributed by atoms with Crippen LogP contribution in [-0.2, 0) is 4.79 Å². The molecule has 0 radical (unpaired) electrons. The fourth-order valence-corrected chi connectivity index (χ4v) is 5.16. The van der Waals surface area contributed by atoms with Crippen molar-refractivity contribution in [3.63, 3.8) is 0 Å². The van der Waals surface area contributed by atoms with Crippen molar-refractivity contribution in [3.8, 4) is 0 Å². The topological polar surface area (TPSA) is 66.5 Å². The van der Waals surface area contributed by atoms with Crippen LogP contribution in [0, 0.1) is 0 Å². The summed E-state index contributed by atoms with van der Waals surface area (Å²) in [7, 11) is 0. The molecule has 2 aliphatic heterocycles. The number of azo groups is 2. The van der Waals surface area contributed by atoms with Gasteiger partial charge in [-0.3, -0.25) is 4.79 Å². The first-order valence-electron chi connectivity index (χ1n) is 9.68. The number of benzene rings is 2. The smallest absolute Gasteiger partial charge is 0.192 e. The Labute approximate surface area is 158 Å². The van der Waals surface area contributed by atoms with E-state index in [4.69, 9.17) is 0 Å². The molecule has 1 aliphatic carbocycles. The van der Waals surface area contributed by atoms with E-state index in [-0.39, 0.29) is 17.6 Å². The monoisotopic (exact) mass is 358 g/mol. The molecule has 0 aromatic heterocycles. The van der Waals surface area contributed by atoms with E-state index in [1.165, 1.54) is 0 Å². The first kappa shape index (κ1) is 16.5. The zero-order valence-electron chi connectivity index (χ0n) is 15.2. The Kier molecular flexibility index (Phi) is 3.78. The maximum atomic E-state index is 14.0. The van der Waals surface area contributed by atoms with E-state index in [0.717, 1.165) is 30.4 Å². The fraction of sp³-hybridized carbons (Fsp3) is 0.409. The number of carbonyl (C=O) groups excluding carboxylic acids is 1. The largest absolute Gasteiger partial charge is 0.294 e. The molecule has 0 bridgehead atoms. The highest BCUT2D eigenvalue weighted by Crippen LogP contribution is 2.53. The highest BCUT2D eigenvalue weighted by atomic mass is 16.1. The molecule has 5 rings (SSSR count). The van der Waals surface area contributed by atoms with Crippen LogP contribution >= 0.6 is 0 Å². The van der Waals surface area contributed by atoms with Gasteiger partial charge in [-0.2, -0.15) is 20.5 Å². The van der Waals surface area contributed by atoms with Gasteiger partial charge < -0.3 is 0 Å². The lowest BCUT2D eigenvalue weighted by Crippen LogP contribution is -2.58. The fourth-order valence-electron chi connectivity index (χ4n) is 5.16. The summed E-state index contributed by atoms with van der Waals surface area (Å²) in [6.45, 7) is 1.14. The van der Waals surface area contributed by atoms with Gasteiger partial charge in [0, 0.05) is 11.8 Å². The molecular weight excluding hydrogens is 336 g/mol. The van der Waals surface area contributed by atoms with E-state index in [2.05, 4.69) is 44.7 Å². The average molecular weight is 358 g/mol. The molecule has 2 aromatic rings. The van der Waals surface area contributed by atoms with Crippen molar-refractivity contribution in [2.75, 3.05) is 13.1 Å². The second-order valence-electron chi connectivity index (χ2n) is 7.81. The highest BCUT2D eigenvalue weighted by molar-refractivity contribution is 6.00. The molecule has 2 spiro atoms. The van der Waals surface area contributed by atoms with E-state index in [0.29, 0.717) is 13.1 Å². The summed E-state index contributed by atoms with van der Waals surface area (Å²) in [5.41, 5.74) is 0.685. The standard InChI is InChI=1S/C22H22N4O/c27-20-21(18(14-23-25-21)16-8-3-1-4-9-16)12-7-13-22(20)19(15-24-26-22)17-10-5-2-6-11-17/h1-6,8-11,18-19H,7,12-15H2. The minimum absolute atomic E-state index is 0.00408. The Hall–Kier alpha value is -2.69. The Morgan fingerprint density at radius 3 is 1.59 bits per heavy atom. The van der Waals surface area contributed by atoms with E-state index in [9.17, 15) is 4.79 Å². The lowest BCUT2D eigenvalue weighted by molar-refractivity contribution is -0.133. The number of nitrogens with zero attached hydrogens (tertiary/aromatic N) is 4. The molecule has 4 unspecified atom stereocenters. The molecule has 136 valence electrons. The van der Waals surface area contributed by atoms with Crippen molar-refractivity contribution in [3.05, 3.63) is 71.8 Å². The number of hydrogen-bond acceptors (Lipinski definition) is 5. The summed E-state index contributed by atoms with van der Waals surface area (Å²) in [5, 5.41) is 17.9. The Bertz CT molecular complexity index is 837. The molecule has 3 aliphatic rings. The maximum absolute atomic E-state index is 14.0. The lowest BCUT2D eigenvalue weighted by Gasteiger charge is -2.43. The predicted molar refractivity (Wildman–Crippen MR) is 102 cm³/mol. The third-order valence-corrected chi connectivity index (χ3v) is 6.49. The molecule has 5 heteroatoms. The van der Waals surface area contributed by atoms with Crippen LogP contribution in [0.2, 0.25) is 0 Å². The van der Waals surface area contributed by atoms with Crippen molar-refractivity contribution in [2.45, 2.75) is 42.2 Å². The van der Waals surface area contributed by atoms with Crippen molar-refractivity contribution in [1.29, 1.82) is 0 Å². The van der Waals surface area contributed by atoms with Gasteiger partial charge in [0.05, 0.1) is 13.1 Å². The van der Waals surface area contributed by atoms with Crippen molar-refractivity contribution >= 4 is 5.78 Å². The van der Waals surface area contributed by atoms with Crippen molar-refractivity contribution in [1.82, 2.24) is 0 Å². The van der Waals surface area contributed by atoms with Gasteiger partial charge in [0.2, 0.25) is 0 Å². The van der Waals surface area contributed by atoms with Crippen LogP contribution in [-0.4, -0.2) is 30.0 Å². The number of rotatable bonds is 2.